The summed E-state index contributed by atoms with van der Waals surface area (Å²) in [7, 11) is 0. The van der Waals surface area contributed by atoms with Gasteiger partial charge in [-0.05, 0) is 91.2 Å². The number of rotatable bonds is 4. The van der Waals surface area contributed by atoms with Gasteiger partial charge in [-0.1, -0.05) is 121 Å². The molecule has 0 amide bonds. The van der Waals surface area contributed by atoms with Gasteiger partial charge in [0.1, 0.15) is 0 Å². The van der Waals surface area contributed by atoms with Crippen LogP contribution in [-0.4, -0.2) is 4.98 Å². The molecule has 0 spiro atoms. The van der Waals surface area contributed by atoms with Gasteiger partial charge in [0.05, 0.1) is 0 Å². The average Bonchev–Trinajstić information content (AvgIpc) is 3.00. The minimum absolute atomic E-state index is 1.03. The van der Waals surface area contributed by atoms with Gasteiger partial charge < -0.3 is 0 Å². The van der Waals surface area contributed by atoms with Crippen molar-refractivity contribution >= 4 is 21.5 Å². The minimum atomic E-state index is 1.03. The number of hydrogen-bond donors (Lipinski definition) is 0. The highest BCUT2D eigenvalue weighted by atomic mass is 14.6. The lowest BCUT2D eigenvalue weighted by atomic mass is 9.85. The zero-order chi connectivity index (χ0) is 26.2. The second kappa shape index (κ2) is 9.70. The number of benzene rings is 6. The monoisotopic (exact) mass is 497 g/mol. The van der Waals surface area contributed by atoms with Gasteiger partial charge in [-0.15, -0.1) is 0 Å². The molecule has 6 aromatic carbocycles. The lowest BCUT2D eigenvalue weighted by molar-refractivity contribution is 1.20. The summed E-state index contributed by atoms with van der Waals surface area (Å²) < 4.78 is 0. The molecule has 0 radical (unpaired) electrons. The van der Waals surface area contributed by atoms with Gasteiger partial charge in [0.2, 0.25) is 0 Å². The van der Waals surface area contributed by atoms with Crippen LogP contribution in [0.5, 0.6) is 0 Å². The summed E-state index contributed by atoms with van der Waals surface area (Å²) in [6.07, 6.45) is 1.88. The summed E-state index contributed by atoms with van der Waals surface area (Å²) in [5.74, 6) is 0. The Hall–Kier alpha value is -5.01. The molecule has 0 bridgehead atoms. The molecule has 0 fully saturated rings. The highest BCUT2D eigenvalue weighted by Gasteiger charge is 2.17. The normalized spacial score (nSPS) is 11.2. The smallest absolute Gasteiger partial charge is 0.0378 e. The van der Waals surface area contributed by atoms with Crippen LogP contribution in [0.3, 0.4) is 0 Å². The molecule has 0 atom stereocenters. The molecule has 1 nitrogen and oxygen atoms in total. The van der Waals surface area contributed by atoms with Crippen LogP contribution in [-0.2, 0) is 0 Å². The number of pyridine rings is 1. The van der Waals surface area contributed by atoms with E-state index in [0.717, 1.165) is 5.69 Å². The minimum Gasteiger partial charge on any atom is -0.262 e. The summed E-state index contributed by atoms with van der Waals surface area (Å²) in [4.78, 5) is 4.34. The average molecular weight is 498 g/mol. The van der Waals surface area contributed by atoms with Crippen LogP contribution in [0.2, 0.25) is 0 Å². The predicted molar refractivity (Wildman–Crippen MR) is 166 cm³/mol. The van der Waals surface area contributed by atoms with E-state index in [2.05, 4.69) is 145 Å². The summed E-state index contributed by atoms with van der Waals surface area (Å²) in [6.45, 7) is 2.03. The van der Waals surface area contributed by atoms with E-state index in [9.17, 15) is 0 Å². The molecule has 184 valence electrons. The van der Waals surface area contributed by atoms with Gasteiger partial charge in [-0.2, -0.15) is 0 Å². The second-order valence-electron chi connectivity index (χ2n) is 10.1. The number of fused-ring (bicyclic) bond motifs is 2. The first-order valence-corrected chi connectivity index (χ1v) is 13.4. The van der Waals surface area contributed by atoms with E-state index in [-0.39, 0.29) is 0 Å². The molecule has 0 aliphatic carbocycles. The van der Waals surface area contributed by atoms with Crippen molar-refractivity contribution in [3.05, 3.63) is 151 Å². The number of hydrogen-bond acceptors (Lipinski definition) is 1. The van der Waals surface area contributed by atoms with Crippen LogP contribution in [0, 0.1) is 6.92 Å². The fraction of sp³-hybridized carbons (Fsp3) is 0.0263. The molecule has 0 N–H and O–H groups in total. The summed E-state index contributed by atoms with van der Waals surface area (Å²) in [6, 6.07) is 50.4. The van der Waals surface area contributed by atoms with Crippen LogP contribution >= 0.6 is 0 Å². The van der Waals surface area contributed by atoms with Crippen LogP contribution in [0.15, 0.2) is 146 Å². The van der Waals surface area contributed by atoms with Crippen LogP contribution in [0.4, 0.5) is 0 Å². The van der Waals surface area contributed by atoms with E-state index in [4.69, 9.17) is 0 Å². The first kappa shape index (κ1) is 23.1. The van der Waals surface area contributed by atoms with E-state index in [1.54, 1.807) is 0 Å². The fourth-order valence-electron chi connectivity index (χ4n) is 5.77. The van der Waals surface area contributed by atoms with Gasteiger partial charge >= 0.3 is 0 Å². The zero-order valence-electron chi connectivity index (χ0n) is 21.8. The van der Waals surface area contributed by atoms with E-state index in [1.807, 2.05) is 13.1 Å². The van der Waals surface area contributed by atoms with Crippen LogP contribution < -0.4 is 0 Å². The Morgan fingerprint density at radius 3 is 1.38 bits per heavy atom. The summed E-state index contributed by atoms with van der Waals surface area (Å²) in [5.41, 5.74) is 10.9. The predicted octanol–water partition coefficient (Wildman–Crippen LogP) is 10.4. The van der Waals surface area contributed by atoms with Crippen molar-refractivity contribution in [3.63, 3.8) is 0 Å². The van der Waals surface area contributed by atoms with Crippen molar-refractivity contribution < 1.29 is 0 Å². The van der Waals surface area contributed by atoms with E-state index < -0.39 is 0 Å². The molecule has 0 unspecified atom stereocenters. The topological polar surface area (TPSA) is 12.9 Å². The maximum atomic E-state index is 4.34. The Morgan fingerprint density at radius 2 is 0.821 bits per heavy atom. The molecule has 0 aliphatic heterocycles. The van der Waals surface area contributed by atoms with Crippen LogP contribution in [0.25, 0.3) is 66.1 Å². The standard InChI is InChI=1S/C38H27N/c1-26-24-32(22-23-39-26)28-18-16-27(17-19-28)31-20-21-35-36(25-31)38(30-12-6-3-7-13-30)34-15-9-8-14-33(34)37(35)29-10-4-2-5-11-29/h2-25H,1H3. The maximum absolute atomic E-state index is 4.34. The van der Waals surface area contributed by atoms with E-state index in [0.29, 0.717) is 0 Å². The van der Waals surface area contributed by atoms with Crippen molar-refractivity contribution in [2.24, 2.45) is 0 Å². The Balaban J connectivity index is 1.48. The number of nitrogens with zero attached hydrogens (tertiary/aromatic N) is 1. The SMILES string of the molecule is Cc1cc(-c2ccc(-c3ccc4c(-c5ccccc5)c5ccccc5c(-c5ccccc5)c4c3)cc2)ccn1. The molecule has 1 heteroatoms. The molecular formula is C38H27N. The van der Waals surface area contributed by atoms with Crippen molar-refractivity contribution in [2.75, 3.05) is 0 Å². The second-order valence-corrected chi connectivity index (χ2v) is 10.1. The van der Waals surface area contributed by atoms with Crippen molar-refractivity contribution in [2.45, 2.75) is 6.92 Å². The molecule has 39 heavy (non-hydrogen) atoms. The molecular weight excluding hydrogens is 470 g/mol. The van der Waals surface area contributed by atoms with E-state index >= 15 is 0 Å². The molecule has 1 heterocycles. The molecule has 7 rings (SSSR count). The Kier molecular flexibility index (Phi) is 5.75. The lowest BCUT2D eigenvalue weighted by Gasteiger charge is -2.18. The first-order chi connectivity index (χ1) is 19.3. The zero-order valence-corrected chi connectivity index (χ0v) is 21.8. The van der Waals surface area contributed by atoms with Crippen molar-refractivity contribution in [1.29, 1.82) is 0 Å². The third kappa shape index (κ3) is 4.19. The quantitative estimate of drug-likeness (QED) is 0.220. The molecule has 0 saturated heterocycles. The van der Waals surface area contributed by atoms with Crippen molar-refractivity contribution in [3.8, 4) is 44.5 Å². The highest BCUT2D eigenvalue weighted by Crippen LogP contribution is 2.44. The molecule has 0 saturated carbocycles. The summed E-state index contributed by atoms with van der Waals surface area (Å²) in [5, 5.41) is 5.09. The van der Waals surface area contributed by atoms with E-state index in [1.165, 1.54) is 66.1 Å². The molecule has 0 aliphatic rings. The van der Waals surface area contributed by atoms with Gasteiger partial charge in [-0.25, -0.2) is 0 Å². The Bertz CT molecular complexity index is 1940. The third-order valence-electron chi connectivity index (χ3n) is 7.60. The van der Waals surface area contributed by atoms with Gasteiger partial charge in [0.25, 0.3) is 0 Å². The highest BCUT2D eigenvalue weighted by molar-refractivity contribution is 6.21. The molecule has 1 aromatic heterocycles. The largest absolute Gasteiger partial charge is 0.262 e. The van der Waals surface area contributed by atoms with Crippen molar-refractivity contribution in [1.82, 2.24) is 4.98 Å². The number of aromatic nitrogens is 1. The summed E-state index contributed by atoms with van der Waals surface area (Å²) >= 11 is 0. The fourth-order valence-corrected chi connectivity index (χ4v) is 5.77. The lowest BCUT2D eigenvalue weighted by Crippen LogP contribution is -1.91. The maximum Gasteiger partial charge on any atom is 0.0378 e. The first-order valence-electron chi connectivity index (χ1n) is 13.4. The Labute approximate surface area is 229 Å². The van der Waals surface area contributed by atoms with Gasteiger partial charge in [0.15, 0.2) is 0 Å². The van der Waals surface area contributed by atoms with Gasteiger partial charge in [0, 0.05) is 11.9 Å². The Morgan fingerprint density at radius 1 is 0.359 bits per heavy atom. The van der Waals surface area contributed by atoms with Crippen LogP contribution in [0.1, 0.15) is 5.69 Å². The third-order valence-corrected chi connectivity index (χ3v) is 7.60. The van der Waals surface area contributed by atoms with Gasteiger partial charge in [-0.3, -0.25) is 4.98 Å². The number of aryl methyl sites for hydroxylation is 1. The molecule has 7 aromatic rings.